The van der Waals surface area contributed by atoms with Gasteiger partial charge in [0.1, 0.15) is 11.5 Å². The molecule has 4 nitrogen and oxygen atoms in total. The van der Waals surface area contributed by atoms with Gasteiger partial charge < -0.3 is 9.47 Å². The van der Waals surface area contributed by atoms with Crippen molar-refractivity contribution in [3.05, 3.63) is 92.4 Å². The molecule has 0 aromatic heterocycles. The molecule has 0 saturated heterocycles. The Hall–Kier alpha value is -2.44. The lowest BCUT2D eigenvalue weighted by Gasteiger charge is -2.24. The monoisotopic (exact) mass is 556 g/mol. The summed E-state index contributed by atoms with van der Waals surface area (Å²) in [6, 6.07) is 19.3. The molecule has 0 amide bonds. The highest BCUT2D eigenvalue weighted by molar-refractivity contribution is 9.10. The molecule has 0 bridgehead atoms. The highest BCUT2D eigenvalue weighted by Crippen LogP contribution is 2.39. The van der Waals surface area contributed by atoms with Crippen LogP contribution < -0.4 is 9.47 Å². The van der Waals surface area contributed by atoms with Gasteiger partial charge in [0.25, 0.3) is 0 Å². The standard InChI is InChI=1S/C26H22Br2O4/c27-20-10-6-18(7-11-20)25(29)31-22-14-15-24(23(16-22)17-4-2-1-3-5-17)32-26(30)19-8-12-21(28)13-9-19/h6-17H,1-5H2. The van der Waals surface area contributed by atoms with Gasteiger partial charge in [0.2, 0.25) is 0 Å². The Labute approximate surface area is 204 Å². The molecule has 6 heteroatoms. The highest BCUT2D eigenvalue weighted by atomic mass is 79.9. The van der Waals surface area contributed by atoms with Gasteiger partial charge in [0.15, 0.2) is 0 Å². The summed E-state index contributed by atoms with van der Waals surface area (Å²) in [6.45, 7) is 0. The van der Waals surface area contributed by atoms with E-state index in [1.165, 1.54) is 6.42 Å². The van der Waals surface area contributed by atoms with Crippen LogP contribution in [0.25, 0.3) is 0 Å². The lowest BCUT2D eigenvalue weighted by Crippen LogP contribution is -2.13. The van der Waals surface area contributed by atoms with E-state index in [2.05, 4.69) is 31.9 Å². The summed E-state index contributed by atoms with van der Waals surface area (Å²) in [5.41, 5.74) is 1.86. The molecule has 3 aromatic rings. The summed E-state index contributed by atoms with van der Waals surface area (Å²) in [5, 5.41) is 0. The molecule has 0 atom stereocenters. The van der Waals surface area contributed by atoms with E-state index < -0.39 is 11.9 Å². The van der Waals surface area contributed by atoms with E-state index in [1.54, 1.807) is 48.5 Å². The Kier molecular flexibility index (Phi) is 7.43. The Morgan fingerprint density at radius 3 is 1.78 bits per heavy atom. The first kappa shape index (κ1) is 22.7. The zero-order valence-corrected chi connectivity index (χ0v) is 20.5. The molecule has 1 fully saturated rings. The van der Waals surface area contributed by atoms with E-state index in [-0.39, 0.29) is 5.92 Å². The Balaban J connectivity index is 1.58. The molecule has 1 saturated carbocycles. The molecule has 0 N–H and O–H groups in total. The maximum Gasteiger partial charge on any atom is 0.343 e. The summed E-state index contributed by atoms with van der Waals surface area (Å²) >= 11 is 6.74. The van der Waals surface area contributed by atoms with E-state index >= 15 is 0 Å². The molecule has 0 unspecified atom stereocenters. The van der Waals surface area contributed by atoms with Crippen molar-refractivity contribution in [2.24, 2.45) is 0 Å². The number of benzene rings is 3. The van der Waals surface area contributed by atoms with Crippen molar-refractivity contribution < 1.29 is 19.1 Å². The minimum Gasteiger partial charge on any atom is -0.423 e. The van der Waals surface area contributed by atoms with E-state index in [9.17, 15) is 9.59 Å². The van der Waals surface area contributed by atoms with Crippen molar-refractivity contribution in [3.8, 4) is 11.5 Å². The first-order valence-corrected chi connectivity index (χ1v) is 12.2. The Bertz CT molecular complexity index is 1100. The van der Waals surface area contributed by atoms with Gasteiger partial charge in [-0.15, -0.1) is 0 Å². The lowest BCUT2D eigenvalue weighted by atomic mass is 9.83. The molecule has 0 heterocycles. The zero-order valence-electron chi connectivity index (χ0n) is 17.4. The second-order valence-electron chi connectivity index (χ2n) is 7.83. The fourth-order valence-corrected chi connectivity index (χ4v) is 4.44. The van der Waals surface area contributed by atoms with Gasteiger partial charge in [0, 0.05) is 14.5 Å². The maximum atomic E-state index is 12.7. The van der Waals surface area contributed by atoms with Crippen LogP contribution in [-0.4, -0.2) is 11.9 Å². The predicted molar refractivity (Wildman–Crippen MR) is 130 cm³/mol. The molecule has 1 aliphatic rings. The first-order chi connectivity index (χ1) is 15.5. The molecule has 164 valence electrons. The van der Waals surface area contributed by atoms with Crippen LogP contribution in [0.15, 0.2) is 75.7 Å². The third kappa shape index (κ3) is 5.67. The van der Waals surface area contributed by atoms with Gasteiger partial charge >= 0.3 is 11.9 Å². The zero-order chi connectivity index (χ0) is 22.5. The van der Waals surface area contributed by atoms with Crippen molar-refractivity contribution >= 4 is 43.8 Å². The average Bonchev–Trinajstić information content (AvgIpc) is 2.81. The number of hydrogen-bond donors (Lipinski definition) is 0. The summed E-state index contributed by atoms with van der Waals surface area (Å²) < 4.78 is 13.2. The van der Waals surface area contributed by atoms with Crippen LogP contribution in [-0.2, 0) is 0 Å². The van der Waals surface area contributed by atoms with Gasteiger partial charge in [-0.2, -0.15) is 0 Å². The number of rotatable bonds is 5. The largest absolute Gasteiger partial charge is 0.423 e. The quantitative estimate of drug-likeness (QED) is 0.238. The SMILES string of the molecule is O=C(Oc1ccc(OC(=O)c2ccc(Br)cc2)c(C2CCCCC2)c1)c1ccc(Br)cc1. The summed E-state index contributed by atoms with van der Waals surface area (Å²) in [6.07, 6.45) is 5.52. The van der Waals surface area contributed by atoms with E-state index in [0.717, 1.165) is 40.2 Å². The van der Waals surface area contributed by atoms with E-state index in [1.807, 2.05) is 18.2 Å². The molecule has 0 radical (unpaired) electrons. The fraction of sp³-hybridized carbons (Fsp3) is 0.231. The first-order valence-electron chi connectivity index (χ1n) is 10.6. The second kappa shape index (κ2) is 10.5. The molecule has 0 spiro atoms. The Morgan fingerprint density at radius 2 is 1.22 bits per heavy atom. The number of halogens is 2. The van der Waals surface area contributed by atoms with Gasteiger partial charge in [-0.25, -0.2) is 9.59 Å². The smallest absolute Gasteiger partial charge is 0.343 e. The normalized spacial score (nSPS) is 14.1. The number of ether oxygens (including phenoxy) is 2. The van der Waals surface area contributed by atoms with Gasteiger partial charge in [-0.1, -0.05) is 51.1 Å². The average molecular weight is 558 g/mol. The van der Waals surface area contributed by atoms with Crippen LogP contribution in [0.1, 0.15) is 64.3 Å². The highest BCUT2D eigenvalue weighted by Gasteiger charge is 2.22. The molecule has 3 aromatic carbocycles. The molecule has 4 rings (SSSR count). The van der Waals surface area contributed by atoms with Crippen LogP contribution >= 0.6 is 31.9 Å². The minimum absolute atomic E-state index is 0.266. The van der Waals surface area contributed by atoms with Crippen molar-refractivity contribution in [1.82, 2.24) is 0 Å². The summed E-state index contributed by atoms with van der Waals surface area (Å²) in [5.74, 6) is 0.402. The molecular formula is C26H22Br2O4. The molecule has 1 aliphatic carbocycles. The molecule has 32 heavy (non-hydrogen) atoms. The molecule has 0 aliphatic heterocycles. The third-order valence-corrected chi connectivity index (χ3v) is 6.66. The van der Waals surface area contributed by atoms with Crippen LogP contribution in [0.4, 0.5) is 0 Å². The van der Waals surface area contributed by atoms with Crippen molar-refractivity contribution in [2.75, 3.05) is 0 Å². The fourth-order valence-electron chi connectivity index (χ4n) is 3.91. The topological polar surface area (TPSA) is 52.6 Å². The number of carbonyl (C=O) groups is 2. The van der Waals surface area contributed by atoms with Crippen molar-refractivity contribution in [1.29, 1.82) is 0 Å². The molecular weight excluding hydrogens is 536 g/mol. The van der Waals surface area contributed by atoms with Crippen LogP contribution in [0.3, 0.4) is 0 Å². The minimum atomic E-state index is -0.424. The van der Waals surface area contributed by atoms with Crippen molar-refractivity contribution in [3.63, 3.8) is 0 Å². The number of esters is 2. The maximum absolute atomic E-state index is 12.7. The van der Waals surface area contributed by atoms with Crippen LogP contribution in [0.5, 0.6) is 11.5 Å². The van der Waals surface area contributed by atoms with Gasteiger partial charge in [0.05, 0.1) is 11.1 Å². The van der Waals surface area contributed by atoms with Gasteiger partial charge in [-0.05, 0) is 85.5 Å². The van der Waals surface area contributed by atoms with E-state index in [4.69, 9.17) is 9.47 Å². The van der Waals surface area contributed by atoms with Crippen LogP contribution in [0.2, 0.25) is 0 Å². The lowest BCUT2D eigenvalue weighted by molar-refractivity contribution is 0.0717. The summed E-state index contributed by atoms with van der Waals surface area (Å²) in [7, 11) is 0. The second-order valence-corrected chi connectivity index (χ2v) is 9.66. The van der Waals surface area contributed by atoms with E-state index in [0.29, 0.717) is 22.6 Å². The number of hydrogen-bond acceptors (Lipinski definition) is 4. The summed E-state index contributed by atoms with van der Waals surface area (Å²) in [4.78, 5) is 25.3. The Morgan fingerprint density at radius 1 is 0.688 bits per heavy atom. The third-order valence-electron chi connectivity index (χ3n) is 5.60. The van der Waals surface area contributed by atoms with Crippen LogP contribution in [0, 0.1) is 0 Å². The predicted octanol–water partition coefficient (Wildman–Crippen LogP) is 7.70. The number of carbonyl (C=O) groups excluding carboxylic acids is 2. The van der Waals surface area contributed by atoms with Crippen molar-refractivity contribution in [2.45, 2.75) is 38.0 Å². The van der Waals surface area contributed by atoms with Gasteiger partial charge in [-0.3, -0.25) is 0 Å².